The van der Waals surface area contributed by atoms with Crippen LogP contribution in [0.3, 0.4) is 0 Å². The third-order valence-electron chi connectivity index (χ3n) is 2.52. The zero-order chi connectivity index (χ0) is 8.81. The summed E-state index contributed by atoms with van der Waals surface area (Å²) in [5.74, 6) is 0.675. The van der Waals surface area contributed by atoms with Gasteiger partial charge >= 0.3 is 0 Å². The van der Waals surface area contributed by atoms with Crippen LogP contribution >= 0.6 is 0 Å². The van der Waals surface area contributed by atoms with Crippen molar-refractivity contribution in [2.24, 2.45) is 11.7 Å². The molecule has 0 saturated heterocycles. The maximum absolute atomic E-state index is 9.95. The number of ether oxygens (including phenoxy) is 1. The Kier molecular flexibility index (Phi) is 4.08. The van der Waals surface area contributed by atoms with Crippen LogP contribution in [-0.4, -0.2) is 12.7 Å². The van der Waals surface area contributed by atoms with Crippen molar-refractivity contribution in [2.75, 3.05) is 0 Å². The van der Waals surface area contributed by atoms with E-state index in [1.54, 1.807) is 0 Å². The molecule has 0 bridgehead atoms. The van der Waals surface area contributed by atoms with Gasteiger partial charge in [-0.15, -0.1) is 0 Å². The Morgan fingerprint density at radius 3 is 2.67 bits per heavy atom. The van der Waals surface area contributed by atoms with Crippen molar-refractivity contribution >= 4 is 6.47 Å². The Hall–Kier alpha value is -0.570. The van der Waals surface area contributed by atoms with E-state index in [1.165, 1.54) is 32.1 Å². The minimum absolute atomic E-state index is 0.384. The van der Waals surface area contributed by atoms with E-state index in [4.69, 9.17) is 5.73 Å². The molecule has 0 aliphatic heterocycles. The van der Waals surface area contributed by atoms with Crippen molar-refractivity contribution in [1.29, 1.82) is 0 Å². The monoisotopic (exact) mass is 171 g/mol. The molecule has 0 aromatic heterocycles. The Morgan fingerprint density at radius 1 is 1.42 bits per heavy atom. The molecule has 0 spiro atoms. The molecular weight excluding hydrogens is 154 g/mol. The molecule has 0 heterocycles. The summed E-state index contributed by atoms with van der Waals surface area (Å²) in [5.41, 5.74) is 5.56. The predicted molar refractivity (Wildman–Crippen MR) is 46.3 cm³/mol. The average Bonchev–Trinajstić information content (AvgIpc) is 2.06. The molecule has 1 atom stereocenters. The molecule has 1 saturated carbocycles. The summed E-state index contributed by atoms with van der Waals surface area (Å²) < 4.78 is 4.64. The van der Waals surface area contributed by atoms with Crippen LogP contribution in [0.5, 0.6) is 0 Å². The number of nitrogens with two attached hydrogens (primary N) is 1. The molecule has 3 heteroatoms. The van der Waals surface area contributed by atoms with Gasteiger partial charge < -0.3 is 4.74 Å². The van der Waals surface area contributed by atoms with Crippen molar-refractivity contribution < 1.29 is 9.53 Å². The second kappa shape index (κ2) is 5.14. The van der Waals surface area contributed by atoms with Gasteiger partial charge in [-0.3, -0.25) is 10.5 Å². The molecule has 1 unspecified atom stereocenters. The van der Waals surface area contributed by atoms with Crippen LogP contribution in [0.25, 0.3) is 0 Å². The van der Waals surface area contributed by atoms with Crippen molar-refractivity contribution in [3.8, 4) is 0 Å². The van der Waals surface area contributed by atoms with Gasteiger partial charge in [0.25, 0.3) is 6.47 Å². The van der Waals surface area contributed by atoms with Crippen molar-refractivity contribution in [3.63, 3.8) is 0 Å². The lowest BCUT2D eigenvalue weighted by Gasteiger charge is -2.23. The van der Waals surface area contributed by atoms with Crippen LogP contribution in [0.1, 0.15) is 38.5 Å². The highest BCUT2D eigenvalue weighted by atomic mass is 16.5. The fraction of sp³-hybridized carbons (Fsp3) is 0.889. The lowest BCUT2D eigenvalue weighted by molar-refractivity contribution is -0.134. The highest BCUT2D eigenvalue weighted by Gasteiger charge is 2.16. The average molecular weight is 171 g/mol. The van der Waals surface area contributed by atoms with Gasteiger partial charge in [0, 0.05) is 6.42 Å². The first-order chi connectivity index (χ1) is 5.83. The van der Waals surface area contributed by atoms with Crippen LogP contribution < -0.4 is 5.73 Å². The SMILES string of the molecule is NC(CC1CCCCC1)OC=O. The fourth-order valence-electron chi connectivity index (χ4n) is 1.88. The summed E-state index contributed by atoms with van der Waals surface area (Å²) in [7, 11) is 0. The Bertz CT molecular complexity index is 132. The highest BCUT2D eigenvalue weighted by molar-refractivity contribution is 5.37. The summed E-state index contributed by atoms with van der Waals surface area (Å²) >= 11 is 0. The second-order valence-corrected chi connectivity index (χ2v) is 3.51. The first kappa shape index (κ1) is 9.52. The smallest absolute Gasteiger partial charge is 0.294 e. The Labute approximate surface area is 73.3 Å². The van der Waals surface area contributed by atoms with E-state index in [-0.39, 0.29) is 6.23 Å². The zero-order valence-corrected chi connectivity index (χ0v) is 7.37. The predicted octanol–water partition coefficient (Wildman–Crippen LogP) is 1.41. The fourth-order valence-corrected chi connectivity index (χ4v) is 1.88. The van der Waals surface area contributed by atoms with E-state index < -0.39 is 0 Å². The lowest BCUT2D eigenvalue weighted by atomic mass is 9.86. The second-order valence-electron chi connectivity index (χ2n) is 3.51. The molecule has 2 N–H and O–H groups in total. The summed E-state index contributed by atoms with van der Waals surface area (Å²) in [6.07, 6.45) is 6.90. The molecule has 1 aliphatic rings. The summed E-state index contributed by atoms with van der Waals surface area (Å²) in [4.78, 5) is 9.95. The number of carbonyl (C=O) groups excluding carboxylic acids is 1. The van der Waals surface area contributed by atoms with Gasteiger partial charge in [0.15, 0.2) is 6.23 Å². The van der Waals surface area contributed by atoms with Gasteiger partial charge in [-0.05, 0) is 5.92 Å². The molecule has 0 radical (unpaired) electrons. The minimum Gasteiger partial charge on any atom is -0.449 e. The van der Waals surface area contributed by atoms with Crippen LogP contribution in [0.2, 0.25) is 0 Å². The molecular formula is C9H17NO2. The first-order valence-electron chi connectivity index (χ1n) is 4.67. The van der Waals surface area contributed by atoms with Crippen molar-refractivity contribution in [1.82, 2.24) is 0 Å². The van der Waals surface area contributed by atoms with Crippen LogP contribution in [-0.2, 0) is 9.53 Å². The van der Waals surface area contributed by atoms with Crippen LogP contribution in [0.4, 0.5) is 0 Å². The van der Waals surface area contributed by atoms with Gasteiger partial charge in [-0.25, -0.2) is 0 Å². The molecule has 1 aliphatic carbocycles. The number of hydrogen-bond donors (Lipinski definition) is 1. The molecule has 3 nitrogen and oxygen atoms in total. The third kappa shape index (κ3) is 3.22. The van der Waals surface area contributed by atoms with Crippen LogP contribution in [0, 0.1) is 5.92 Å². The molecule has 1 fully saturated rings. The van der Waals surface area contributed by atoms with E-state index in [1.807, 2.05) is 0 Å². The van der Waals surface area contributed by atoms with E-state index in [2.05, 4.69) is 4.74 Å². The quantitative estimate of drug-likeness (QED) is 0.514. The topological polar surface area (TPSA) is 52.3 Å². The summed E-state index contributed by atoms with van der Waals surface area (Å²) in [5, 5.41) is 0. The highest BCUT2D eigenvalue weighted by Crippen LogP contribution is 2.26. The summed E-state index contributed by atoms with van der Waals surface area (Å²) in [6, 6.07) is 0. The maximum atomic E-state index is 9.95. The van der Waals surface area contributed by atoms with E-state index >= 15 is 0 Å². The zero-order valence-electron chi connectivity index (χ0n) is 7.37. The van der Waals surface area contributed by atoms with Crippen molar-refractivity contribution in [3.05, 3.63) is 0 Å². The van der Waals surface area contributed by atoms with E-state index in [0.717, 1.165) is 6.42 Å². The van der Waals surface area contributed by atoms with Crippen LogP contribution in [0.15, 0.2) is 0 Å². The Morgan fingerprint density at radius 2 is 2.08 bits per heavy atom. The molecule has 1 rings (SSSR count). The number of hydrogen-bond acceptors (Lipinski definition) is 3. The normalized spacial score (nSPS) is 21.8. The number of carbonyl (C=O) groups is 1. The lowest BCUT2D eigenvalue weighted by Crippen LogP contribution is -2.27. The third-order valence-corrected chi connectivity index (χ3v) is 2.52. The van der Waals surface area contributed by atoms with Gasteiger partial charge in [0.05, 0.1) is 0 Å². The summed E-state index contributed by atoms with van der Waals surface area (Å²) in [6.45, 7) is 0.438. The molecule has 0 aromatic rings. The van der Waals surface area contributed by atoms with Crippen molar-refractivity contribution in [2.45, 2.75) is 44.8 Å². The molecule has 0 amide bonds. The number of rotatable bonds is 4. The van der Waals surface area contributed by atoms with Gasteiger partial charge in [0.2, 0.25) is 0 Å². The van der Waals surface area contributed by atoms with E-state index in [9.17, 15) is 4.79 Å². The molecule has 12 heavy (non-hydrogen) atoms. The van der Waals surface area contributed by atoms with E-state index in [0.29, 0.717) is 12.4 Å². The maximum Gasteiger partial charge on any atom is 0.294 e. The molecule has 70 valence electrons. The van der Waals surface area contributed by atoms with Gasteiger partial charge in [-0.1, -0.05) is 32.1 Å². The molecule has 0 aromatic carbocycles. The van der Waals surface area contributed by atoms with Gasteiger partial charge in [0.1, 0.15) is 0 Å². The van der Waals surface area contributed by atoms with Gasteiger partial charge in [-0.2, -0.15) is 0 Å². The Balaban J connectivity index is 2.15. The standard InChI is InChI=1S/C9H17NO2/c10-9(12-7-11)6-8-4-2-1-3-5-8/h7-9H,1-6,10H2. The minimum atomic E-state index is -0.384. The first-order valence-corrected chi connectivity index (χ1v) is 4.67. The largest absolute Gasteiger partial charge is 0.449 e.